The highest BCUT2D eigenvalue weighted by atomic mass is 16.5. The minimum Gasteiger partial charge on any atom is -0.710 e. The Morgan fingerprint density at radius 2 is 2.31 bits per heavy atom. The van der Waals surface area contributed by atoms with Crippen LogP contribution in [0.3, 0.4) is 0 Å². The lowest BCUT2D eigenvalue weighted by molar-refractivity contribution is -0.580. The van der Waals surface area contributed by atoms with Crippen LogP contribution in [-0.4, -0.2) is 4.98 Å². The standard InChI is InChI=1S/C9H5N3O/c10-4-7-1-2-9-8(3-7)5-11-6-12(9)13/h1-3,5-6H. The van der Waals surface area contributed by atoms with E-state index in [1.807, 2.05) is 6.07 Å². The quantitative estimate of drug-likeness (QED) is 0.433. The van der Waals surface area contributed by atoms with E-state index in [9.17, 15) is 5.21 Å². The van der Waals surface area contributed by atoms with Gasteiger partial charge in [-0.2, -0.15) is 5.26 Å². The van der Waals surface area contributed by atoms with Crippen molar-refractivity contribution < 1.29 is 4.73 Å². The second-order valence-electron chi connectivity index (χ2n) is 2.60. The van der Waals surface area contributed by atoms with Crippen LogP contribution in [0.1, 0.15) is 5.56 Å². The highest BCUT2D eigenvalue weighted by Crippen LogP contribution is 2.09. The van der Waals surface area contributed by atoms with Gasteiger partial charge in [0.2, 0.25) is 0 Å². The van der Waals surface area contributed by atoms with Crippen LogP contribution in [0, 0.1) is 16.5 Å². The third kappa shape index (κ3) is 1.16. The third-order valence-electron chi connectivity index (χ3n) is 1.78. The Morgan fingerprint density at radius 3 is 3.08 bits per heavy atom. The molecule has 2 rings (SSSR count). The molecule has 13 heavy (non-hydrogen) atoms. The first kappa shape index (κ1) is 7.50. The topological polar surface area (TPSA) is 63.6 Å². The van der Waals surface area contributed by atoms with Crippen LogP contribution in [0.15, 0.2) is 30.7 Å². The summed E-state index contributed by atoms with van der Waals surface area (Å²) in [5.41, 5.74) is 1.05. The minimum absolute atomic E-state index is 0.522. The van der Waals surface area contributed by atoms with Gasteiger partial charge in [-0.05, 0) is 18.2 Å². The van der Waals surface area contributed by atoms with Gasteiger partial charge in [0, 0.05) is 0 Å². The number of rotatable bonds is 0. The summed E-state index contributed by atoms with van der Waals surface area (Å²) in [5.74, 6) is 0. The Kier molecular flexibility index (Phi) is 1.57. The molecule has 1 aromatic carbocycles. The second kappa shape index (κ2) is 2.72. The number of nitrogens with zero attached hydrogens (tertiary/aromatic N) is 3. The molecule has 1 heterocycles. The molecule has 62 valence electrons. The Hall–Kier alpha value is -2.15. The first-order chi connectivity index (χ1) is 6.31. The molecule has 0 saturated heterocycles. The van der Waals surface area contributed by atoms with Gasteiger partial charge in [0.25, 0.3) is 6.33 Å². The number of nitriles is 1. The molecule has 0 radical (unpaired) electrons. The zero-order valence-electron chi connectivity index (χ0n) is 6.64. The van der Waals surface area contributed by atoms with Crippen LogP contribution in [0.2, 0.25) is 0 Å². The number of aromatic nitrogens is 2. The fraction of sp³-hybridized carbons (Fsp3) is 0. The van der Waals surface area contributed by atoms with Crippen molar-refractivity contribution in [2.45, 2.75) is 0 Å². The Balaban J connectivity index is 2.82. The average molecular weight is 171 g/mol. The highest BCUT2D eigenvalue weighted by molar-refractivity contribution is 5.76. The van der Waals surface area contributed by atoms with E-state index in [1.165, 1.54) is 6.33 Å². The fourth-order valence-electron chi connectivity index (χ4n) is 1.16. The van der Waals surface area contributed by atoms with E-state index in [2.05, 4.69) is 4.98 Å². The summed E-state index contributed by atoms with van der Waals surface area (Å²) in [7, 11) is 0. The Bertz CT molecular complexity index is 502. The first-order valence-corrected chi connectivity index (χ1v) is 3.68. The minimum atomic E-state index is 0.522. The lowest BCUT2D eigenvalue weighted by atomic mass is 10.2. The fourth-order valence-corrected chi connectivity index (χ4v) is 1.16. The van der Waals surface area contributed by atoms with E-state index < -0.39 is 0 Å². The van der Waals surface area contributed by atoms with Crippen LogP contribution in [0.5, 0.6) is 0 Å². The van der Waals surface area contributed by atoms with Gasteiger partial charge in [0.05, 0.1) is 17.0 Å². The largest absolute Gasteiger partial charge is 0.710 e. The SMILES string of the molecule is N#Cc1ccc2c(cnc[n+]2[O-])c1. The van der Waals surface area contributed by atoms with Crippen molar-refractivity contribution in [2.75, 3.05) is 0 Å². The maximum atomic E-state index is 11.1. The van der Waals surface area contributed by atoms with Gasteiger partial charge in [-0.1, -0.05) is 4.98 Å². The molecule has 2 aromatic rings. The molecule has 4 heteroatoms. The molecule has 0 aliphatic rings. The molecule has 0 aliphatic carbocycles. The van der Waals surface area contributed by atoms with Crippen molar-refractivity contribution in [1.29, 1.82) is 5.26 Å². The summed E-state index contributed by atoms with van der Waals surface area (Å²) in [6.45, 7) is 0. The van der Waals surface area contributed by atoms with Crippen molar-refractivity contribution in [3.63, 3.8) is 0 Å². The van der Waals surface area contributed by atoms with Crippen LogP contribution < -0.4 is 4.73 Å². The first-order valence-electron chi connectivity index (χ1n) is 3.68. The Labute approximate surface area is 74.3 Å². The summed E-state index contributed by atoms with van der Waals surface area (Å²) in [6, 6.07) is 6.86. The molecule has 0 amide bonds. The van der Waals surface area contributed by atoms with Crippen LogP contribution >= 0.6 is 0 Å². The highest BCUT2D eigenvalue weighted by Gasteiger charge is 2.01. The summed E-state index contributed by atoms with van der Waals surface area (Å²) in [5, 5.41) is 20.4. The lowest BCUT2D eigenvalue weighted by Gasteiger charge is -2.02. The molecule has 0 fully saturated rings. The molecule has 0 saturated carbocycles. The number of hydrogen-bond donors (Lipinski definition) is 0. The van der Waals surface area contributed by atoms with Crippen LogP contribution in [-0.2, 0) is 0 Å². The molecule has 0 bridgehead atoms. The summed E-state index contributed by atoms with van der Waals surface area (Å²) in [4.78, 5) is 3.73. The summed E-state index contributed by atoms with van der Waals surface area (Å²) < 4.78 is 0.677. The lowest BCUT2D eigenvalue weighted by Crippen LogP contribution is -2.26. The molecular weight excluding hydrogens is 166 g/mol. The predicted octanol–water partition coefficient (Wildman–Crippen LogP) is 0.740. The van der Waals surface area contributed by atoms with E-state index in [-0.39, 0.29) is 0 Å². The van der Waals surface area contributed by atoms with Gasteiger partial charge >= 0.3 is 0 Å². The van der Waals surface area contributed by atoms with Gasteiger partial charge in [-0.15, -0.1) is 0 Å². The maximum absolute atomic E-state index is 11.1. The summed E-state index contributed by atoms with van der Waals surface area (Å²) in [6.07, 6.45) is 2.75. The number of hydrogen-bond acceptors (Lipinski definition) is 3. The number of benzene rings is 1. The van der Waals surface area contributed by atoms with Crippen molar-refractivity contribution in [3.8, 4) is 6.07 Å². The van der Waals surface area contributed by atoms with E-state index in [4.69, 9.17) is 5.26 Å². The van der Waals surface area contributed by atoms with Crippen molar-refractivity contribution in [2.24, 2.45) is 0 Å². The molecule has 0 N–H and O–H groups in total. The third-order valence-corrected chi connectivity index (χ3v) is 1.78. The maximum Gasteiger partial charge on any atom is 0.289 e. The molecule has 0 spiro atoms. The van der Waals surface area contributed by atoms with Crippen LogP contribution in [0.4, 0.5) is 0 Å². The van der Waals surface area contributed by atoms with E-state index in [0.29, 0.717) is 21.2 Å². The van der Waals surface area contributed by atoms with Gasteiger partial charge in [0.15, 0.2) is 6.20 Å². The van der Waals surface area contributed by atoms with Crippen molar-refractivity contribution in [3.05, 3.63) is 41.5 Å². The zero-order valence-corrected chi connectivity index (χ0v) is 6.64. The molecule has 0 atom stereocenters. The van der Waals surface area contributed by atoms with E-state index in [1.54, 1.807) is 24.4 Å². The monoisotopic (exact) mass is 171 g/mol. The van der Waals surface area contributed by atoms with Gasteiger partial charge in [-0.3, -0.25) is 0 Å². The molecule has 4 nitrogen and oxygen atoms in total. The van der Waals surface area contributed by atoms with Gasteiger partial charge in [0.1, 0.15) is 5.52 Å². The predicted molar refractivity (Wildman–Crippen MR) is 45.4 cm³/mol. The van der Waals surface area contributed by atoms with E-state index >= 15 is 0 Å². The zero-order chi connectivity index (χ0) is 9.26. The second-order valence-corrected chi connectivity index (χ2v) is 2.60. The molecule has 1 aromatic heterocycles. The smallest absolute Gasteiger partial charge is 0.289 e. The average Bonchev–Trinajstić information content (AvgIpc) is 2.18. The number of fused-ring (bicyclic) bond motifs is 1. The molecular formula is C9H5N3O. The molecule has 0 unspecified atom stereocenters. The Morgan fingerprint density at radius 1 is 1.46 bits per heavy atom. The van der Waals surface area contributed by atoms with Gasteiger partial charge in [-0.25, -0.2) is 4.73 Å². The van der Waals surface area contributed by atoms with Crippen molar-refractivity contribution in [1.82, 2.24) is 4.98 Å². The van der Waals surface area contributed by atoms with Crippen LogP contribution in [0.25, 0.3) is 10.9 Å². The summed E-state index contributed by atoms with van der Waals surface area (Å²) >= 11 is 0. The normalized spacial score (nSPS) is 9.77. The molecule has 0 aliphatic heterocycles. The van der Waals surface area contributed by atoms with Gasteiger partial charge < -0.3 is 5.21 Å². The van der Waals surface area contributed by atoms with E-state index in [0.717, 1.165) is 0 Å². The van der Waals surface area contributed by atoms with Crippen molar-refractivity contribution >= 4 is 10.9 Å².